The lowest BCUT2D eigenvalue weighted by atomic mass is 10.1. The van der Waals surface area contributed by atoms with Crippen LogP contribution in [0.15, 0.2) is 33.9 Å². The molecule has 0 amide bonds. The number of guanidine groups is 1. The molecule has 0 spiro atoms. The van der Waals surface area contributed by atoms with E-state index in [0.29, 0.717) is 24.9 Å². The SMILES string of the molecule is CCNC(=NCc1nc(C(C)OCC)no1)NCCc1c[nH]c2cccc(C)c12. The molecule has 8 nitrogen and oxygen atoms in total. The van der Waals surface area contributed by atoms with Crippen molar-refractivity contribution in [1.29, 1.82) is 0 Å². The second kappa shape index (κ2) is 10.1. The molecule has 1 aromatic carbocycles. The molecule has 3 N–H and O–H groups in total. The van der Waals surface area contributed by atoms with Gasteiger partial charge in [-0.15, -0.1) is 0 Å². The van der Waals surface area contributed by atoms with Gasteiger partial charge in [-0.3, -0.25) is 0 Å². The molecule has 0 radical (unpaired) electrons. The first-order valence-electron chi connectivity index (χ1n) is 10.1. The number of fused-ring (bicyclic) bond motifs is 1. The molecule has 0 fully saturated rings. The highest BCUT2D eigenvalue weighted by atomic mass is 16.5. The Morgan fingerprint density at radius 1 is 1.31 bits per heavy atom. The van der Waals surface area contributed by atoms with Gasteiger partial charge in [0.1, 0.15) is 12.6 Å². The molecule has 8 heteroatoms. The van der Waals surface area contributed by atoms with Gasteiger partial charge in [0.15, 0.2) is 11.8 Å². The predicted molar refractivity (Wildman–Crippen MR) is 114 cm³/mol. The van der Waals surface area contributed by atoms with Crippen LogP contribution in [-0.2, 0) is 17.7 Å². The summed E-state index contributed by atoms with van der Waals surface area (Å²) in [6.45, 7) is 10.5. The van der Waals surface area contributed by atoms with Crippen LogP contribution in [-0.4, -0.2) is 40.8 Å². The molecular formula is C21H30N6O2. The Morgan fingerprint density at radius 3 is 2.97 bits per heavy atom. The van der Waals surface area contributed by atoms with Crippen LogP contribution in [0.3, 0.4) is 0 Å². The van der Waals surface area contributed by atoms with Crippen molar-refractivity contribution in [3.05, 3.63) is 47.2 Å². The quantitative estimate of drug-likeness (QED) is 0.378. The summed E-state index contributed by atoms with van der Waals surface area (Å²) in [7, 11) is 0. The van der Waals surface area contributed by atoms with Gasteiger partial charge in [0.2, 0.25) is 5.89 Å². The maximum atomic E-state index is 5.48. The van der Waals surface area contributed by atoms with E-state index < -0.39 is 0 Å². The second-order valence-electron chi connectivity index (χ2n) is 6.83. The van der Waals surface area contributed by atoms with E-state index >= 15 is 0 Å². The summed E-state index contributed by atoms with van der Waals surface area (Å²) in [5, 5.41) is 11.9. The van der Waals surface area contributed by atoms with Crippen molar-refractivity contribution in [1.82, 2.24) is 25.8 Å². The number of aromatic nitrogens is 3. The van der Waals surface area contributed by atoms with Crippen molar-refractivity contribution in [2.75, 3.05) is 19.7 Å². The summed E-state index contributed by atoms with van der Waals surface area (Å²) in [4.78, 5) is 12.3. The van der Waals surface area contributed by atoms with E-state index in [4.69, 9.17) is 9.26 Å². The van der Waals surface area contributed by atoms with Gasteiger partial charge in [-0.1, -0.05) is 17.3 Å². The zero-order chi connectivity index (χ0) is 20.6. The van der Waals surface area contributed by atoms with Crippen molar-refractivity contribution in [2.24, 2.45) is 4.99 Å². The Balaban J connectivity index is 1.58. The molecule has 29 heavy (non-hydrogen) atoms. The predicted octanol–water partition coefficient (Wildman–Crippen LogP) is 3.25. The van der Waals surface area contributed by atoms with Gasteiger partial charge >= 0.3 is 0 Å². The van der Waals surface area contributed by atoms with E-state index in [1.165, 1.54) is 22.0 Å². The van der Waals surface area contributed by atoms with Crippen LogP contribution in [0.2, 0.25) is 0 Å². The maximum absolute atomic E-state index is 5.48. The van der Waals surface area contributed by atoms with E-state index in [9.17, 15) is 0 Å². The average molecular weight is 399 g/mol. The molecule has 0 aliphatic rings. The number of nitrogens with zero attached hydrogens (tertiary/aromatic N) is 3. The second-order valence-corrected chi connectivity index (χ2v) is 6.83. The Labute approximate surface area is 171 Å². The fourth-order valence-corrected chi connectivity index (χ4v) is 3.27. The molecule has 2 heterocycles. The first-order chi connectivity index (χ1) is 14.1. The van der Waals surface area contributed by atoms with Crippen LogP contribution in [0.25, 0.3) is 10.9 Å². The summed E-state index contributed by atoms with van der Waals surface area (Å²) < 4.78 is 10.8. The molecule has 0 aliphatic carbocycles. The fraction of sp³-hybridized carbons (Fsp3) is 0.476. The molecule has 156 valence electrons. The fourth-order valence-electron chi connectivity index (χ4n) is 3.27. The molecular weight excluding hydrogens is 368 g/mol. The van der Waals surface area contributed by atoms with Crippen LogP contribution in [0, 0.1) is 6.92 Å². The smallest absolute Gasteiger partial charge is 0.248 e. The number of aliphatic imine (C=N–C) groups is 1. The summed E-state index contributed by atoms with van der Waals surface area (Å²) in [6.07, 6.45) is 2.79. The van der Waals surface area contributed by atoms with Crippen LogP contribution in [0.5, 0.6) is 0 Å². The largest absolute Gasteiger partial charge is 0.371 e. The molecule has 0 saturated heterocycles. The van der Waals surface area contributed by atoms with Crippen LogP contribution < -0.4 is 10.6 Å². The number of hydrogen-bond acceptors (Lipinski definition) is 5. The average Bonchev–Trinajstić information content (AvgIpc) is 3.34. The van der Waals surface area contributed by atoms with Crippen LogP contribution in [0.1, 0.15) is 49.7 Å². The van der Waals surface area contributed by atoms with Crippen molar-refractivity contribution in [3.63, 3.8) is 0 Å². The Bertz CT molecular complexity index is 946. The summed E-state index contributed by atoms with van der Waals surface area (Å²) in [5.41, 5.74) is 3.76. The third-order valence-electron chi connectivity index (χ3n) is 4.66. The maximum Gasteiger partial charge on any atom is 0.248 e. The number of rotatable bonds is 9. The number of ether oxygens (including phenoxy) is 1. The lowest BCUT2D eigenvalue weighted by Gasteiger charge is -2.10. The third-order valence-corrected chi connectivity index (χ3v) is 4.66. The van der Waals surface area contributed by atoms with Gasteiger partial charge in [-0.2, -0.15) is 4.98 Å². The third kappa shape index (κ3) is 5.35. The molecule has 1 unspecified atom stereocenters. The van der Waals surface area contributed by atoms with E-state index in [1.54, 1.807) is 0 Å². The Morgan fingerprint density at radius 2 is 2.17 bits per heavy atom. The van der Waals surface area contributed by atoms with E-state index in [1.807, 2.05) is 20.8 Å². The Hall–Kier alpha value is -2.87. The van der Waals surface area contributed by atoms with Gasteiger partial charge in [-0.25, -0.2) is 4.99 Å². The molecule has 0 bridgehead atoms. The first kappa shape index (κ1) is 20.9. The van der Waals surface area contributed by atoms with Crippen molar-refractivity contribution in [3.8, 4) is 0 Å². The van der Waals surface area contributed by atoms with Crippen molar-refractivity contribution in [2.45, 2.75) is 46.8 Å². The Kier molecular flexibility index (Phi) is 7.24. The van der Waals surface area contributed by atoms with Crippen molar-refractivity contribution >= 4 is 16.9 Å². The lowest BCUT2D eigenvalue weighted by molar-refractivity contribution is 0.0683. The molecule has 3 rings (SSSR count). The van der Waals surface area contributed by atoms with Gasteiger partial charge in [0.05, 0.1) is 0 Å². The number of aromatic amines is 1. The summed E-state index contributed by atoms with van der Waals surface area (Å²) in [5.74, 6) is 1.74. The highest BCUT2D eigenvalue weighted by Crippen LogP contribution is 2.22. The minimum atomic E-state index is -0.188. The van der Waals surface area contributed by atoms with E-state index in [0.717, 1.165) is 25.5 Å². The molecule has 1 atom stereocenters. The highest BCUT2D eigenvalue weighted by Gasteiger charge is 2.13. The summed E-state index contributed by atoms with van der Waals surface area (Å²) >= 11 is 0. The highest BCUT2D eigenvalue weighted by molar-refractivity contribution is 5.86. The van der Waals surface area contributed by atoms with Gasteiger partial charge < -0.3 is 24.9 Å². The topological polar surface area (TPSA) is 100 Å². The van der Waals surface area contributed by atoms with Crippen molar-refractivity contribution < 1.29 is 9.26 Å². The van der Waals surface area contributed by atoms with Gasteiger partial charge in [-0.05, 0) is 51.3 Å². The number of benzene rings is 1. The van der Waals surface area contributed by atoms with E-state index in [2.05, 4.69) is 62.1 Å². The normalized spacial score (nSPS) is 13.0. The first-order valence-corrected chi connectivity index (χ1v) is 10.1. The number of aryl methyl sites for hydroxylation is 1. The molecule has 0 saturated carbocycles. The monoisotopic (exact) mass is 398 g/mol. The van der Waals surface area contributed by atoms with E-state index in [-0.39, 0.29) is 6.10 Å². The number of H-pyrrole nitrogens is 1. The van der Waals surface area contributed by atoms with Crippen LogP contribution >= 0.6 is 0 Å². The minimum Gasteiger partial charge on any atom is -0.371 e. The van der Waals surface area contributed by atoms with Gasteiger partial charge in [0, 0.05) is 36.8 Å². The van der Waals surface area contributed by atoms with Crippen LogP contribution in [0.4, 0.5) is 0 Å². The lowest BCUT2D eigenvalue weighted by Crippen LogP contribution is -2.38. The molecule has 3 aromatic rings. The standard InChI is InChI=1S/C21H30N6O2/c1-5-22-21(25-13-18-26-20(27-29-18)15(4)28-6-2)23-11-10-16-12-24-17-9-7-8-14(3)19(16)17/h7-9,12,15,24H,5-6,10-11,13H2,1-4H3,(H2,22,23,25). The molecule has 2 aromatic heterocycles. The number of hydrogen-bond donors (Lipinski definition) is 3. The zero-order valence-corrected chi connectivity index (χ0v) is 17.6. The summed E-state index contributed by atoms with van der Waals surface area (Å²) in [6, 6.07) is 6.32. The molecule has 0 aliphatic heterocycles. The minimum absolute atomic E-state index is 0.188. The van der Waals surface area contributed by atoms with Gasteiger partial charge in [0.25, 0.3) is 0 Å². The zero-order valence-electron chi connectivity index (χ0n) is 17.6. The number of nitrogens with one attached hydrogen (secondary N) is 3.